The molecule has 0 aliphatic rings. The lowest BCUT2D eigenvalue weighted by atomic mass is 10.1. The maximum Gasteiger partial charge on any atom is 0.0471 e. The lowest BCUT2D eigenvalue weighted by Gasteiger charge is -2.27. The second-order valence-corrected chi connectivity index (χ2v) is 5.26. The van der Waals surface area contributed by atoms with E-state index >= 15 is 0 Å². The second-order valence-electron chi connectivity index (χ2n) is 4.85. The number of hydrogen-bond donors (Lipinski definition) is 1. The minimum absolute atomic E-state index is 0.462. The second kappa shape index (κ2) is 7.32. The first kappa shape index (κ1) is 14.9. The van der Waals surface area contributed by atoms with E-state index in [4.69, 9.17) is 17.3 Å². The van der Waals surface area contributed by atoms with E-state index in [2.05, 4.69) is 42.2 Å². The van der Waals surface area contributed by atoms with Crippen LogP contribution >= 0.6 is 11.6 Å². The molecule has 0 spiro atoms. The summed E-state index contributed by atoms with van der Waals surface area (Å²) in [6.07, 6.45) is 1.09. The molecule has 0 aliphatic carbocycles. The topological polar surface area (TPSA) is 29.3 Å². The molecule has 2 aromatic rings. The van der Waals surface area contributed by atoms with E-state index in [1.165, 1.54) is 5.56 Å². The van der Waals surface area contributed by atoms with Gasteiger partial charge in [0.1, 0.15) is 0 Å². The minimum Gasteiger partial charge on any atom is -0.367 e. The number of halogens is 1. The summed E-state index contributed by atoms with van der Waals surface area (Å²) < 4.78 is 0. The van der Waals surface area contributed by atoms with Crippen LogP contribution in [0.3, 0.4) is 0 Å². The molecule has 2 nitrogen and oxygen atoms in total. The van der Waals surface area contributed by atoms with Crippen LogP contribution in [-0.2, 0) is 13.1 Å². The molecular formula is C17H21ClN2. The first-order valence-electron chi connectivity index (χ1n) is 7.02. The van der Waals surface area contributed by atoms with Gasteiger partial charge in [-0.15, -0.1) is 0 Å². The number of anilines is 1. The Morgan fingerprint density at radius 2 is 1.80 bits per heavy atom. The standard InChI is InChI=1S/C17H21ClN2/c1-2-11-20(13-14-7-4-3-5-8-14)17-10-6-9-16(18)15(17)12-19/h3-10H,2,11-13,19H2,1H3. The van der Waals surface area contributed by atoms with Crippen LogP contribution in [0.2, 0.25) is 5.02 Å². The Hall–Kier alpha value is -1.51. The Morgan fingerprint density at radius 3 is 2.45 bits per heavy atom. The van der Waals surface area contributed by atoms with Crippen molar-refractivity contribution in [3.63, 3.8) is 0 Å². The molecular weight excluding hydrogens is 268 g/mol. The molecule has 0 aromatic heterocycles. The van der Waals surface area contributed by atoms with Crippen molar-refractivity contribution in [3.8, 4) is 0 Å². The Kier molecular flexibility index (Phi) is 5.45. The molecule has 0 saturated carbocycles. The molecule has 3 heteroatoms. The maximum atomic E-state index is 6.27. The van der Waals surface area contributed by atoms with Gasteiger partial charge in [-0.25, -0.2) is 0 Å². The van der Waals surface area contributed by atoms with Crippen LogP contribution < -0.4 is 10.6 Å². The van der Waals surface area contributed by atoms with Crippen LogP contribution in [0.4, 0.5) is 5.69 Å². The summed E-state index contributed by atoms with van der Waals surface area (Å²) >= 11 is 6.27. The predicted molar refractivity (Wildman–Crippen MR) is 87.1 cm³/mol. The van der Waals surface area contributed by atoms with Gasteiger partial charge < -0.3 is 10.6 Å². The van der Waals surface area contributed by atoms with Crippen LogP contribution in [0.25, 0.3) is 0 Å². The van der Waals surface area contributed by atoms with Crippen molar-refractivity contribution < 1.29 is 0 Å². The third-order valence-electron chi connectivity index (χ3n) is 3.35. The third kappa shape index (κ3) is 3.53. The Balaban J connectivity index is 2.31. The SMILES string of the molecule is CCCN(Cc1ccccc1)c1cccc(Cl)c1CN. The van der Waals surface area contributed by atoms with Gasteiger partial charge in [0.2, 0.25) is 0 Å². The number of benzene rings is 2. The first-order valence-corrected chi connectivity index (χ1v) is 7.40. The zero-order valence-electron chi connectivity index (χ0n) is 11.8. The fraction of sp³-hybridized carbons (Fsp3) is 0.294. The molecule has 106 valence electrons. The van der Waals surface area contributed by atoms with Crippen LogP contribution in [0.5, 0.6) is 0 Å². The molecule has 0 saturated heterocycles. The van der Waals surface area contributed by atoms with E-state index in [0.29, 0.717) is 6.54 Å². The van der Waals surface area contributed by atoms with Crippen LogP contribution in [-0.4, -0.2) is 6.54 Å². The fourth-order valence-electron chi connectivity index (χ4n) is 2.40. The summed E-state index contributed by atoms with van der Waals surface area (Å²) in [7, 11) is 0. The lowest BCUT2D eigenvalue weighted by molar-refractivity contribution is 0.761. The number of rotatable bonds is 6. The molecule has 0 fully saturated rings. The predicted octanol–water partition coefficient (Wildman–Crippen LogP) is 4.22. The monoisotopic (exact) mass is 288 g/mol. The molecule has 0 bridgehead atoms. The lowest BCUT2D eigenvalue weighted by Crippen LogP contribution is -2.25. The molecule has 0 aliphatic heterocycles. The van der Waals surface area contributed by atoms with Crippen molar-refractivity contribution in [3.05, 3.63) is 64.7 Å². The van der Waals surface area contributed by atoms with Gasteiger partial charge >= 0.3 is 0 Å². The van der Waals surface area contributed by atoms with Crippen molar-refractivity contribution in [2.24, 2.45) is 5.73 Å². The molecule has 2 rings (SSSR count). The summed E-state index contributed by atoms with van der Waals surface area (Å²) in [5.41, 5.74) is 9.33. The molecule has 0 heterocycles. The maximum absolute atomic E-state index is 6.27. The highest BCUT2D eigenvalue weighted by Gasteiger charge is 2.12. The van der Waals surface area contributed by atoms with Crippen molar-refractivity contribution >= 4 is 17.3 Å². The average molecular weight is 289 g/mol. The van der Waals surface area contributed by atoms with E-state index in [0.717, 1.165) is 35.8 Å². The van der Waals surface area contributed by atoms with Gasteiger partial charge in [0.25, 0.3) is 0 Å². The number of nitrogens with two attached hydrogens (primary N) is 1. The van der Waals surface area contributed by atoms with Crippen molar-refractivity contribution in [1.82, 2.24) is 0 Å². The van der Waals surface area contributed by atoms with E-state index in [-0.39, 0.29) is 0 Å². The Morgan fingerprint density at radius 1 is 1.05 bits per heavy atom. The quantitative estimate of drug-likeness (QED) is 0.862. The van der Waals surface area contributed by atoms with Crippen molar-refractivity contribution in [2.75, 3.05) is 11.4 Å². The number of hydrogen-bond acceptors (Lipinski definition) is 2. The van der Waals surface area contributed by atoms with E-state index in [1.807, 2.05) is 18.2 Å². The summed E-state index contributed by atoms with van der Waals surface area (Å²) in [5, 5.41) is 0.749. The van der Waals surface area contributed by atoms with Crippen molar-refractivity contribution in [2.45, 2.75) is 26.4 Å². The molecule has 2 aromatic carbocycles. The summed E-state index contributed by atoms with van der Waals surface area (Å²) in [5.74, 6) is 0. The highest BCUT2D eigenvalue weighted by Crippen LogP contribution is 2.28. The van der Waals surface area contributed by atoms with Gasteiger partial charge in [-0.3, -0.25) is 0 Å². The molecule has 0 amide bonds. The summed E-state index contributed by atoms with van der Waals surface area (Å²) in [6, 6.07) is 16.5. The average Bonchev–Trinajstić information content (AvgIpc) is 2.47. The van der Waals surface area contributed by atoms with E-state index < -0.39 is 0 Å². The van der Waals surface area contributed by atoms with Crippen molar-refractivity contribution in [1.29, 1.82) is 0 Å². The first-order chi connectivity index (χ1) is 9.76. The molecule has 0 radical (unpaired) electrons. The van der Waals surface area contributed by atoms with Crippen LogP contribution in [0, 0.1) is 0 Å². The smallest absolute Gasteiger partial charge is 0.0471 e. The minimum atomic E-state index is 0.462. The van der Waals surface area contributed by atoms with Gasteiger partial charge in [-0.05, 0) is 24.1 Å². The van der Waals surface area contributed by atoms with E-state index in [1.54, 1.807) is 0 Å². The highest BCUT2D eigenvalue weighted by molar-refractivity contribution is 6.31. The summed E-state index contributed by atoms with van der Waals surface area (Å²) in [4.78, 5) is 2.35. The molecule has 2 N–H and O–H groups in total. The van der Waals surface area contributed by atoms with Gasteiger partial charge in [-0.2, -0.15) is 0 Å². The molecule has 0 atom stereocenters. The molecule has 0 unspecified atom stereocenters. The largest absolute Gasteiger partial charge is 0.367 e. The fourth-order valence-corrected chi connectivity index (χ4v) is 2.65. The van der Waals surface area contributed by atoms with Crippen LogP contribution in [0.1, 0.15) is 24.5 Å². The van der Waals surface area contributed by atoms with Gasteiger partial charge in [0, 0.05) is 35.9 Å². The molecule has 20 heavy (non-hydrogen) atoms. The Bertz CT molecular complexity index is 540. The van der Waals surface area contributed by atoms with Gasteiger partial charge in [-0.1, -0.05) is 54.9 Å². The highest BCUT2D eigenvalue weighted by atomic mass is 35.5. The zero-order valence-corrected chi connectivity index (χ0v) is 12.6. The van der Waals surface area contributed by atoms with Gasteiger partial charge in [0.05, 0.1) is 0 Å². The van der Waals surface area contributed by atoms with Gasteiger partial charge in [0.15, 0.2) is 0 Å². The summed E-state index contributed by atoms with van der Waals surface area (Å²) in [6.45, 7) is 4.51. The Labute approximate surface area is 126 Å². The number of nitrogens with zero attached hydrogens (tertiary/aromatic N) is 1. The third-order valence-corrected chi connectivity index (χ3v) is 3.70. The van der Waals surface area contributed by atoms with Crippen LogP contribution in [0.15, 0.2) is 48.5 Å². The van der Waals surface area contributed by atoms with E-state index in [9.17, 15) is 0 Å². The zero-order chi connectivity index (χ0) is 14.4. The normalized spacial score (nSPS) is 10.6.